The number of hydrogen-bond acceptors (Lipinski definition) is 3. The van der Waals surface area contributed by atoms with Gasteiger partial charge in [0.2, 0.25) is 0 Å². The Morgan fingerprint density at radius 1 is 1.00 bits per heavy atom. The van der Waals surface area contributed by atoms with Crippen molar-refractivity contribution in [1.29, 1.82) is 0 Å². The van der Waals surface area contributed by atoms with Crippen molar-refractivity contribution in [3.63, 3.8) is 0 Å². The van der Waals surface area contributed by atoms with Crippen LogP contribution < -0.4 is 0 Å². The molecule has 0 aliphatic heterocycles. The maximum absolute atomic E-state index is 13.5. The standard InChI is InChI=1S/C15H14F2O3S/c16-13-7-5-11(6-8-13)15(18)10-21(19,20)9-12-3-1-2-4-14(12)17/h1-8,15,18H,9-10H2. The Hall–Kier alpha value is -1.79. The largest absolute Gasteiger partial charge is 0.387 e. The summed E-state index contributed by atoms with van der Waals surface area (Å²) in [6, 6.07) is 10.5. The van der Waals surface area contributed by atoms with Crippen LogP contribution in [0.5, 0.6) is 0 Å². The number of sulfone groups is 1. The van der Waals surface area contributed by atoms with Gasteiger partial charge in [0, 0.05) is 5.56 Å². The molecule has 0 radical (unpaired) electrons. The van der Waals surface area contributed by atoms with Crippen molar-refractivity contribution < 1.29 is 22.3 Å². The van der Waals surface area contributed by atoms with Crippen LogP contribution in [0.3, 0.4) is 0 Å². The second-order valence-corrected chi connectivity index (χ2v) is 6.82. The summed E-state index contributed by atoms with van der Waals surface area (Å²) >= 11 is 0. The van der Waals surface area contributed by atoms with E-state index < -0.39 is 39.1 Å². The van der Waals surface area contributed by atoms with Gasteiger partial charge in [0.05, 0.1) is 17.6 Å². The third kappa shape index (κ3) is 4.34. The van der Waals surface area contributed by atoms with Crippen LogP contribution in [0.4, 0.5) is 8.78 Å². The quantitative estimate of drug-likeness (QED) is 0.923. The molecular weight excluding hydrogens is 298 g/mol. The molecule has 0 spiro atoms. The van der Waals surface area contributed by atoms with Crippen molar-refractivity contribution in [1.82, 2.24) is 0 Å². The van der Waals surface area contributed by atoms with E-state index in [-0.39, 0.29) is 5.56 Å². The van der Waals surface area contributed by atoms with Gasteiger partial charge in [-0.25, -0.2) is 17.2 Å². The smallest absolute Gasteiger partial charge is 0.157 e. The SMILES string of the molecule is O=S(=O)(Cc1ccccc1F)CC(O)c1ccc(F)cc1. The van der Waals surface area contributed by atoms with Crippen LogP contribution in [0.1, 0.15) is 17.2 Å². The van der Waals surface area contributed by atoms with E-state index in [9.17, 15) is 22.3 Å². The zero-order chi connectivity index (χ0) is 15.5. The predicted octanol–water partition coefficient (Wildman–Crippen LogP) is 2.61. The second kappa shape index (κ2) is 6.32. The van der Waals surface area contributed by atoms with E-state index in [0.717, 1.165) is 12.1 Å². The second-order valence-electron chi connectivity index (χ2n) is 4.71. The number of aliphatic hydroxyl groups excluding tert-OH is 1. The van der Waals surface area contributed by atoms with E-state index in [2.05, 4.69) is 0 Å². The first-order chi connectivity index (χ1) is 9.87. The van der Waals surface area contributed by atoms with Crippen LogP contribution in [-0.2, 0) is 15.6 Å². The molecule has 0 saturated heterocycles. The summed E-state index contributed by atoms with van der Waals surface area (Å²) in [5.74, 6) is -2.11. The first-order valence-corrected chi connectivity index (χ1v) is 8.07. The maximum Gasteiger partial charge on any atom is 0.157 e. The Morgan fingerprint density at radius 3 is 2.24 bits per heavy atom. The molecular formula is C15H14F2O3S. The summed E-state index contributed by atoms with van der Waals surface area (Å²) in [6.07, 6.45) is -1.28. The number of benzene rings is 2. The van der Waals surface area contributed by atoms with Crippen LogP contribution in [0, 0.1) is 11.6 Å². The molecule has 0 bridgehead atoms. The van der Waals surface area contributed by atoms with Crippen molar-refractivity contribution in [2.24, 2.45) is 0 Å². The molecule has 6 heteroatoms. The van der Waals surface area contributed by atoms with Crippen LogP contribution in [0.15, 0.2) is 48.5 Å². The van der Waals surface area contributed by atoms with E-state index in [1.165, 1.54) is 30.3 Å². The Balaban J connectivity index is 2.10. The van der Waals surface area contributed by atoms with Gasteiger partial charge in [-0.3, -0.25) is 0 Å². The van der Waals surface area contributed by atoms with Crippen molar-refractivity contribution >= 4 is 9.84 Å². The highest BCUT2D eigenvalue weighted by Gasteiger charge is 2.20. The molecule has 2 rings (SSSR count). The fourth-order valence-corrected chi connectivity index (χ4v) is 3.43. The summed E-state index contributed by atoms with van der Waals surface area (Å²) in [5.41, 5.74) is 0.359. The molecule has 0 amide bonds. The minimum absolute atomic E-state index is 0.0591. The Labute approximate surface area is 121 Å². The molecule has 1 N–H and O–H groups in total. The van der Waals surface area contributed by atoms with Crippen LogP contribution in [-0.4, -0.2) is 19.3 Å². The molecule has 1 atom stereocenters. The van der Waals surface area contributed by atoms with Gasteiger partial charge in [0.15, 0.2) is 9.84 Å². The Kier molecular flexibility index (Phi) is 4.69. The first-order valence-electron chi connectivity index (χ1n) is 6.25. The van der Waals surface area contributed by atoms with E-state index >= 15 is 0 Å². The lowest BCUT2D eigenvalue weighted by Gasteiger charge is -2.12. The zero-order valence-electron chi connectivity index (χ0n) is 11.0. The summed E-state index contributed by atoms with van der Waals surface area (Å²) in [6.45, 7) is 0. The average molecular weight is 312 g/mol. The van der Waals surface area contributed by atoms with Crippen LogP contribution in [0.2, 0.25) is 0 Å². The lowest BCUT2D eigenvalue weighted by atomic mass is 10.1. The fourth-order valence-electron chi connectivity index (χ4n) is 1.93. The molecule has 0 fully saturated rings. The minimum Gasteiger partial charge on any atom is -0.387 e. The Morgan fingerprint density at radius 2 is 1.62 bits per heavy atom. The number of hydrogen-bond donors (Lipinski definition) is 1. The first kappa shape index (κ1) is 15.6. The molecule has 1 unspecified atom stereocenters. The average Bonchev–Trinajstić information content (AvgIpc) is 2.41. The minimum atomic E-state index is -3.70. The lowest BCUT2D eigenvalue weighted by molar-refractivity contribution is 0.201. The van der Waals surface area contributed by atoms with Crippen molar-refractivity contribution in [3.8, 4) is 0 Å². The highest BCUT2D eigenvalue weighted by Crippen LogP contribution is 2.19. The van der Waals surface area contributed by atoms with Gasteiger partial charge >= 0.3 is 0 Å². The van der Waals surface area contributed by atoms with Crippen LogP contribution in [0.25, 0.3) is 0 Å². The van der Waals surface area contributed by atoms with Gasteiger partial charge in [0.1, 0.15) is 11.6 Å². The molecule has 3 nitrogen and oxygen atoms in total. The Bertz CT molecular complexity index is 712. The van der Waals surface area contributed by atoms with E-state index in [0.29, 0.717) is 5.56 Å². The predicted molar refractivity (Wildman–Crippen MR) is 75.3 cm³/mol. The summed E-state index contributed by atoms with van der Waals surface area (Å²) in [4.78, 5) is 0. The third-order valence-corrected chi connectivity index (χ3v) is 4.57. The third-order valence-electron chi connectivity index (χ3n) is 3.00. The summed E-state index contributed by atoms with van der Waals surface area (Å²) < 4.78 is 50.2. The molecule has 0 aliphatic carbocycles. The van der Waals surface area contributed by atoms with Gasteiger partial charge in [-0.15, -0.1) is 0 Å². The molecule has 0 heterocycles. The summed E-state index contributed by atoms with van der Waals surface area (Å²) in [5, 5.41) is 9.90. The summed E-state index contributed by atoms with van der Waals surface area (Å²) in [7, 11) is -3.70. The zero-order valence-corrected chi connectivity index (χ0v) is 11.9. The number of rotatable bonds is 5. The van der Waals surface area contributed by atoms with Crippen molar-refractivity contribution in [2.75, 3.05) is 5.75 Å². The number of halogens is 2. The fraction of sp³-hybridized carbons (Fsp3) is 0.200. The van der Waals surface area contributed by atoms with Gasteiger partial charge in [-0.05, 0) is 23.8 Å². The van der Waals surface area contributed by atoms with Gasteiger partial charge in [0.25, 0.3) is 0 Å². The monoisotopic (exact) mass is 312 g/mol. The van der Waals surface area contributed by atoms with Gasteiger partial charge in [-0.1, -0.05) is 30.3 Å². The van der Waals surface area contributed by atoms with Gasteiger partial charge in [-0.2, -0.15) is 0 Å². The highest BCUT2D eigenvalue weighted by molar-refractivity contribution is 7.90. The molecule has 21 heavy (non-hydrogen) atoms. The molecule has 2 aromatic carbocycles. The van der Waals surface area contributed by atoms with E-state index in [1.54, 1.807) is 6.07 Å². The topological polar surface area (TPSA) is 54.4 Å². The van der Waals surface area contributed by atoms with Crippen molar-refractivity contribution in [3.05, 3.63) is 71.3 Å². The molecule has 0 aliphatic rings. The van der Waals surface area contributed by atoms with Crippen molar-refractivity contribution in [2.45, 2.75) is 11.9 Å². The normalized spacial score (nSPS) is 13.1. The maximum atomic E-state index is 13.5. The molecule has 0 saturated carbocycles. The van der Waals surface area contributed by atoms with Gasteiger partial charge < -0.3 is 5.11 Å². The molecule has 2 aromatic rings. The number of aliphatic hydroxyl groups is 1. The lowest BCUT2D eigenvalue weighted by Crippen LogP contribution is -2.17. The molecule has 0 aromatic heterocycles. The van der Waals surface area contributed by atoms with E-state index in [1.807, 2.05) is 0 Å². The van der Waals surface area contributed by atoms with Crippen LogP contribution >= 0.6 is 0 Å². The van der Waals surface area contributed by atoms with E-state index in [4.69, 9.17) is 0 Å². The molecule has 112 valence electrons. The highest BCUT2D eigenvalue weighted by atomic mass is 32.2.